The molecule has 0 aliphatic carbocycles. The number of carbonyl (C=O) groups excluding carboxylic acids is 1. The number of amides is 1. The predicted molar refractivity (Wildman–Crippen MR) is 75.8 cm³/mol. The summed E-state index contributed by atoms with van der Waals surface area (Å²) in [7, 11) is 0. The first-order valence-corrected chi connectivity index (χ1v) is 6.61. The zero-order valence-corrected chi connectivity index (χ0v) is 12.7. The number of primary amides is 1. The van der Waals surface area contributed by atoms with E-state index >= 15 is 0 Å². The van der Waals surface area contributed by atoms with Gasteiger partial charge in [0.2, 0.25) is 0 Å². The molecule has 0 atom stereocenters. The van der Waals surface area contributed by atoms with Gasteiger partial charge >= 0.3 is 0 Å². The Bertz CT molecular complexity index is 601. The van der Waals surface area contributed by atoms with Crippen molar-refractivity contribution in [2.75, 3.05) is 0 Å². The summed E-state index contributed by atoms with van der Waals surface area (Å²) in [6.45, 7) is 0. The average molecular weight is 427 g/mol. The molecule has 0 saturated carbocycles. The fourth-order valence-corrected chi connectivity index (χ4v) is 2.76. The van der Waals surface area contributed by atoms with Crippen LogP contribution in [0.15, 0.2) is 16.6 Å². The summed E-state index contributed by atoms with van der Waals surface area (Å²) in [5.41, 5.74) is 6.35. The van der Waals surface area contributed by atoms with E-state index in [0.29, 0.717) is 16.3 Å². The van der Waals surface area contributed by atoms with Crippen LogP contribution >= 0.6 is 50.1 Å². The Hall–Kier alpha value is -0.670. The molecule has 0 spiro atoms. The second-order valence-electron chi connectivity index (χ2n) is 3.13. The minimum Gasteiger partial charge on any atom is -0.364 e. The van der Waals surface area contributed by atoms with Crippen molar-refractivity contribution in [1.29, 1.82) is 0 Å². The molecule has 0 aliphatic heterocycles. The molecule has 0 saturated heterocycles. The molecular weight excluding hydrogens is 422 g/mol. The topological polar surface area (TPSA) is 84.7 Å². The molecule has 17 heavy (non-hydrogen) atoms. The number of benzene rings is 1. The zero-order chi connectivity index (χ0) is 12.6. The lowest BCUT2D eigenvalue weighted by Gasteiger charge is -2.05. The summed E-state index contributed by atoms with van der Waals surface area (Å²) >= 11 is 11.5. The van der Waals surface area contributed by atoms with Crippen molar-refractivity contribution in [3.8, 4) is 11.3 Å². The maximum Gasteiger partial charge on any atom is 0.271 e. The van der Waals surface area contributed by atoms with Crippen LogP contribution in [0, 0.1) is 3.57 Å². The van der Waals surface area contributed by atoms with Crippen LogP contribution in [0.1, 0.15) is 10.5 Å². The van der Waals surface area contributed by atoms with Crippen molar-refractivity contribution in [2.24, 2.45) is 5.73 Å². The molecule has 1 heterocycles. The average Bonchev–Trinajstić information content (AvgIpc) is 2.72. The van der Waals surface area contributed by atoms with E-state index in [1.165, 1.54) is 0 Å². The van der Waals surface area contributed by atoms with Crippen LogP contribution in [0.25, 0.3) is 11.3 Å². The third kappa shape index (κ3) is 2.45. The van der Waals surface area contributed by atoms with Crippen LogP contribution in [0.4, 0.5) is 0 Å². The molecule has 0 unspecified atom stereocenters. The summed E-state index contributed by atoms with van der Waals surface area (Å²) in [5, 5.41) is 10.6. The quantitative estimate of drug-likeness (QED) is 0.571. The Morgan fingerprint density at radius 3 is 2.82 bits per heavy atom. The van der Waals surface area contributed by atoms with E-state index in [2.05, 4.69) is 53.9 Å². The van der Waals surface area contributed by atoms with Crippen LogP contribution < -0.4 is 5.73 Å². The van der Waals surface area contributed by atoms with Crippen molar-refractivity contribution in [1.82, 2.24) is 15.4 Å². The first kappa shape index (κ1) is 12.8. The van der Waals surface area contributed by atoms with E-state index in [4.69, 9.17) is 17.3 Å². The predicted octanol–water partition coefficient (Wildman–Crippen LogP) is 2.59. The number of hydrogen-bond donors (Lipinski definition) is 2. The number of rotatable bonds is 2. The molecule has 1 aromatic heterocycles. The molecule has 0 aliphatic rings. The Morgan fingerprint density at radius 2 is 2.18 bits per heavy atom. The first-order chi connectivity index (χ1) is 8.00. The van der Waals surface area contributed by atoms with Crippen molar-refractivity contribution in [3.63, 3.8) is 0 Å². The molecule has 0 fully saturated rings. The molecule has 3 N–H and O–H groups in total. The number of carbonyl (C=O) groups is 1. The van der Waals surface area contributed by atoms with E-state index < -0.39 is 5.91 Å². The third-order valence-corrected chi connectivity index (χ3v) is 4.69. The standard InChI is InChI=1S/C9H5BrClIN4O/c10-6-4(1-3(11)2-5(6)12)7-8(9(13)17)15-16-14-7/h1-2H,(H2,13,17)(H,14,15,16). The van der Waals surface area contributed by atoms with E-state index in [1.807, 2.05) is 0 Å². The van der Waals surface area contributed by atoms with Crippen LogP contribution in [0.2, 0.25) is 5.02 Å². The number of aromatic amines is 1. The Kier molecular flexibility index (Phi) is 3.69. The Labute approximate surface area is 123 Å². The number of aromatic nitrogens is 3. The van der Waals surface area contributed by atoms with Gasteiger partial charge in [-0.25, -0.2) is 0 Å². The van der Waals surface area contributed by atoms with Crippen molar-refractivity contribution in [2.45, 2.75) is 0 Å². The number of halogens is 3. The van der Waals surface area contributed by atoms with E-state index in [1.54, 1.807) is 12.1 Å². The molecule has 88 valence electrons. The van der Waals surface area contributed by atoms with Gasteiger partial charge in [-0.2, -0.15) is 15.4 Å². The van der Waals surface area contributed by atoms with Crippen molar-refractivity contribution >= 4 is 56.0 Å². The van der Waals surface area contributed by atoms with Crippen molar-refractivity contribution < 1.29 is 4.79 Å². The summed E-state index contributed by atoms with van der Waals surface area (Å²) in [4.78, 5) is 11.2. The highest BCUT2D eigenvalue weighted by atomic mass is 127. The molecular formula is C9H5BrClIN4O. The summed E-state index contributed by atoms with van der Waals surface area (Å²) in [6.07, 6.45) is 0. The number of H-pyrrole nitrogens is 1. The monoisotopic (exact) mass is 426 g/mol. The van der Waals surface area contributed by atoms with Crippen LogP contribution in [-0.2, 0) is 0 Å². The van der Waals surface area contributed by atoms with Gasteiger partial charge in [-0.1, -0.05) is 11.6 Å². The minimum atomic E-state index is -0.643. The SMILES string of the molecule is NC(=O)c1n[nH]nc1-c1cc(Cl)cc(I)c1Br. The van der Waals surface area contributed by atoms with Crippen LogP contribution in [-0.4, -0.2) is 21.3 Å². The fraction of sp³-hybridized carbons (Fsp3) is 0. The van der Waals surface area contributed by atoms with Gasteiger partial charge in [-0.3, -0.25) is 4.79 Å². The summed E-state index contributed by atoms with van der Waals surface area (Å²) in [5.74, 6) is -0.643. The van der Waals surface area contributed by atoms with Crippen LogP contribution in [0.3, 0.4) is 0 Å². The van der Waals surface area contributed by atoms with Gasteiger partial charge < -0.3 is 5.73 Å². The molecule has 5 nitrogen and oxygen atoms in total. The van der Waals surface area contributed by atoms with E-state index in [0.717, 1.165) is 8.04 Å². The first-order valence-electron chi connectivity index (χ1n) is 4.36. The molecule has 8 heteroatoms. The highest BCUT2D eigenvalue weighted by molar-refractivity contribution is 14.1. The van der Waals surface area contributed by atoms with Gasteiger partial charge in [0, 0.05) is 18.6 Å². The largest absolute Gasteiger partial charge is 0.364 e. The van der Waals surface area contributed by atoms with Crippen molar-refractivity contribution in [3.05, 3.63) is 30.9 Å². The highest BCUT2D eigenvalue weighted by Crippen LogP contribution is 2.34. The van der Waals surface area contributed by atoms with Gasteiger partial charge in [0.15, 0.2) is 5.69 Å². The molecule has 0 radical (unpaired) electrons. The Morgan fingerprint density at radius 1 is 1.47 bits per heavy atom. The normalized spacial score (nSPS) is 10.5. The van der Waals surface area contributed by atoms with Gasteiger partial charge in [0.1, 0.15) is 5.69 Å². The second kappa shape index (κ2) is 4.91. The lowest BCUT2D eigenvalue weighted by Crippen LogP contribution is -2.12. The maximum atomic E-state index is 11.2. The molecule has 2 aromatic rings. The number of hydrogen-bond acceptors (Lipinski definition) is 3. The third-order valence-electron chi connectivity index (χ3n) is 2.03. The smallest absolute Gasteiger partial charge is 0.271 e. The van der Waals surface area contributed by atoms with Gasteiger partial charge in [-0.05, 0) is 50.7 Å². The van der Waals surface area contributed by atoms with E-state index in [9.17, 15) is 4.79 Å². The highest BCUT2D eigenvalue weighted by Gasteiger charge is 2.19. The summed E-state index contributed by atoms with van der Waals surface area (Å²) in [6, 6.07) is 3.48. The molecule has 2 rings (SSSR count). The molecule has 1 amide bonds. The minimum absolute atomic E-state index is 0.0868. The number of nitrogens with zero attached hydrogens (tertiary/aromatic N) is 2. The van der Waals surface area contributed by atoms with Gasteiger partial charge in [-0.15, -0.1) is 0 Å². The zero-order valence-electron chi connectivity index (χ0n) is 8.17. The number of nitrogens with one attached hydrogen (secondary N) is 1. The van der Waals surface area contributed by atoms with Gasteiger partial charge in [0.05, 0.1) is 0 Å². The second-order valence-corrected chi connectivity index (χ2v) is 5.53. The molecule has 1 aromatic carbocycles. The number of nitrogens with two attached hydrogens (primary N) is 1. The maximum absolute atomic E-state index is 11.2. The van der Waals surface area contributed by atoms with E-state index in [-0.39, 0.29) is 5.69 Å². The summed E-state index contributed by atoms with van der Waals surface area (Å²) < 4.78 is 1.70. The van der Waals surface area contributed by atoms with Crippen LogP contribution in [0.5, 0.6) is 0 Å². The lowest BCUT2D eigenvalue weighted by molar-refractivity contribution is 0.0996. The fourth-order valence-electron chi connectivity index (χ4n) is 1.32. The Balaban J connectivity index is 2.68. The van der Waals surface area contributed by atoms with Gasteiger partial charge in [0.25, 0.3) is 5.91 Å². The lowest BCUT2D eigenvalue weighted by atomic mass is 10.1. The molecule has 0 bridgehead atoms.